The Kier molecular flexibility index (Phi) is 6.29. The van der Waals surface area contributed by atoms with Gasteiger partial charge in [0.05, 0.1) is 7.11 Å². The smallest absolute Gasteiger partial charge is 0.330 e. The molecule has 0 aliphatic heterocycles. The molecular weight excluding hydrogens is 152 g/mol. The maximum Gasteiger partial charge on any atom is 0.330 e. The van der Waals surface area contributed by atoms with Gasteiger partial charge < -0.3 is 4.74 Å². The number of rotatable bonds is 4. The molecule has 0 aromatic rings. The highest BCUT2D eigenvalue weighted by atomic mass is 35.5. The fourth-order valence-corrected chi connectivity index (χ4v) is 0.597. The van der Waals surface area contributed by atoms with Crippen molar-refractivity contribution in [1.29, 1.82) is 0 Å². The highest BCUT2D eigenvalue weighted by Crippen LogP contribution is 1.93. The highest BCUT2D eigenvalue weighted by molar-refractivity contribution is 6.17. The zero-order valence-corrected chi connectivity index (χ0v) is 6.73. The molecule has 0 aromatic carbocycles. The number of halogens is 1. The Morgan fingerprint density at radius 3 is 2.90 bits per heavy atom. The molecule has 0 N–H and O–H groups in total. The first kappa shape index (κ1) is 9.50. The third kappa shape index (κ3) is 5.63. The number of esters is 1. The van der Waals surface area contributed by atoms with E-state index in [0.29, 0.717) is 5.88 Å². The van der Waals surface area contributed by atoms with Crippen LogP contribution in [0.1, 0.15) is 12.8 Å². The summed E-state index contributed by atoms with van der Waals surface area (Å²) in [6, 6.07) is 0. The third-order valence-electron chi connectivity index (χ3n) is 0.960. The van der Waals surface area contributed by atoms with E-state index in [-0.39, 0.29) is 5.97 Å². The number of ether oxygens (including phenoxy) is 1. The number of allylic oxidation sites excluding steroid dienone is 1. The van der Waals surface area contributed by atoms with E-state index >= 15 is 0 Å². The van der Waals surface area contributed by atoms with Crippen LogP contribution in [0, 0.1) is 0 Å². The number of alkyl halides is 1. The van der Waals surface area contributed by atoms with Gasteiger partial charge in [0.1, 0.15) is 0 Å². The predicted molar refractivity (Wildman–Crippen MR) is 41.1 cm³/mol. The van der Waals surface area contributed by atoms with E-state index in [9.17, 15) is 4.79 Å². The molecule has 0 bridgehead atoms. The van der Waals surface area contributed by atoms with Gasteiger partial charge in [-0.25, -0.2) is 4.79 Å². The second kappa shape index (κ2) is 6.62. The van der Waals surface area contributed by atoms with Crippen LogP contribution in [-0.2, 0) is 9.53 Å². The minimum absolute atomic E-state index is 0.311. The molecule has 0 heterocycles. The van der Waals surface area contributed by atoms with E-state index in [0.717, 1.165) is 12.8 Å². The van der Waals surface area contributed by atoms with Crippen molar-refractivity contribution >= 4 is 17.6 Å². The summed E-state index contributed by atoms with van der Waals surface area (Å²) < 4.78 is 4.37. The largest absolute Gasteiger partial charge is 0.466 e. The lowest BCUT2D eigenvalue weighted by Crippen LogP contribution is -1.93. The first-order valence-electron chi connectivity index (χ1n) is 3.11. The summed E-state index contributed by atoms with van der Waals surface area (Å²) in [5, 5.41) is 0. The van der Waals surface area contributed by atoms with Gasteiger partial charge >= 0.3 is 5.97 Å². The van der Waals surface area contributed by atoms with E-state index in [4.69, 9.17) is 11.6 Å². The lowest BCUT2D eigenvalue weighted by atomic mass is 10.3. The average molecular weight is 163 g/mol. The van der Waals surface area contributed by atoms with Gasteiger partial charge in [0, 0.05) is 12.0 Å². The lowest BCUT2D eigenvalue weighted by Gasteiger charge is -1.88. The maximum absolute atomic E-state index is 10.4. The molecule has 0 fully saturated rings. The van der Waals surface area contributed by atoms with Crippen LogP contribution in [0.3, 0.4) is 0 Å². The fourth-order valence-electron chi connectivity index (χ4n) is 0.443. The van der Waals surface area contributed by atoms with E-state index in [2.05, 4.69) is 4.74 Å². The van der Waals surface area contributed by atoms with Crippen LogP contribution in [0.4, 0.5) is 0 Å². The highest BCUT2D eigenvalue weighted by Gasteiger charge is 1.88. The number of unbranched alkanes of at least 4 members (excludes halogenated alkanes) is 1. The molecular formula is C7H11ClO2. The second-order valence-corrected chi connectivity index (χ2v) is 2.13. The Labute approximate surface area is 65.8 Å². The minimum atomic E-state index is -0.311. The zero-order chi connectivity index (χ0) is 7.82. The minimum Gasteiger partial charge on any atom is -0.466 e. The van der Waals surface area contributed by atoms with Crippen molar-refractivity contribution in [2.75, 3.05) is 13.0 Å². The molecule has 10 heavy (non-hydrogen) atoms. The van der Waals surface area contributed by atoms with E-state index in [1.54, 1.807) is 6.08 Å². The van der Waals surface area contributed by atoms with Crippen molar-refractivity contribution in [3.05, 3.63) is 12.2 Å². The summed E-state index contributed by atoms with van der Waals surface area (Å²) in [5.74, 6) is 0.320. The molecule has 0 aromatic heterocycles. The summed E-state index contributed by atoms with van der Waals surface area (Å²) in [4.78, 5) is 10.4. The Balaban J connectivity index is 3.27. The molecule has 3 heteroatoms. The molecule has 0 aliphatic rings. The molecule has 0 saturated heterocycles. The number of carbonyl (C=O) groups is 1. The second-order valence-electron chi connectivity index (χ2n) is 1.76. The molecule has 0 spiro atoms. The van der Waals surface area contributed by atoms with Gasteiger partial charge in [0.2, 0.25) is 0 Å². The number of carbonyl (C=O) groups excluding carboxylic acids is 1. The molecule has 0 aliphatic carbocycles. The summed E-state index contributed by atoms with van der Waals surface area (Å²) in [7, 11) is 1.36. The Hall–Kier alpha value is -0.500. The quantitative estimate of drug-likeness (QED) is 0.272. The standard InChI is InChI=1S/C7H11ClO2/c1-10-7(9)5-3-2-4-6-8/h3,5H,2,4,6H2,1H3/b5-3+. The average Bonchev–Trinajstić information content (AvgIpc) is 1.98. The SMILES string of the molecule is COC(=O)/C=C/CCCCl. The Morgan fingerprint density at radius 2 is 2.40 bits per heavy atom. The monoisotopic (exact) mass is 162 g/mol. The topological polar surface area (TPSA) is 26.3 Å². The molecule has 2 nitrogen and oxygen atoms in total. The van der Waals surface area contributed by atoms with Crippen molar-refractivity contribution < 1.29 is 9.53 Å². The van der Waals surface area contributed by atoms with Crippen LogP contribution in [0.5, 0.6) is 0 Å². The predicted octanol–water partition coefficient (Wildman–Crippen LogP) is 1.73. The molecule has 0 saturated carbocycles. The molecule has 0 atom stereocenters. The molecule has 0 rings (SSSR count). The van der Waals surface area contributed by atoms with Crippen LogP contribution in [-0.4, -0.2) is 19.0 Å². The molecule has 0 unspecified atom stereocenters. The van der Waals surface area contributed by atoms with Crippen LogP contribution < -0.4 is 0 Å². The molecule has 0 radical (unpaired) electrons. The van der Waals surface area contributed by atoms with Gasteiger partial charge in [-0.1, -0.05) is 6.08 Å². The van der Waals surface area contributed by atoms with Gasteiger partial charge in [-0.3, -0.25) is 0 Å². The maximum atomic E-state index is 10.4. The van der Waals surface area contributed by atoms with Gasteiger partial charge in [0.15, 0.2) is 0 Å². The van der Waals surface area contributed by atoms with Crippen molar-refractivity contribution in [2.45, 2.75) is 12.8 Å². The summed E-state index contributed by atoms with van der Waals surface area (Å²) in [6.07, 6.45) is 4.90. The number of hydrogen-bond donors (Lipinski definition) is 0. The normalized spacial score (nSPS) is 10.2. The van der Waals surface area contributed by atoms with Gasteiger partial charge in [0.25, 0.3) is 0 Å². The van der Waals surface area contributed by atoms with Crippen LogP contribution in [0.2, 0.25) is 0 Å². The van der Waals surface area contributed by atoms with Gasteiger partial charge in [-0.05, 0) is 12.8 Å². The van der Waals surface area contributed by atoms with Gasteiger partial charge in [-0.2, -0.15) is 0 Å². The van der Waals surface area contributed by atoms with Crippen LogP contribution in [0.25, 0.3) is 0 Å². The number of hydrogen-bond acceptors (Lipinski definition) is 2. The van der Waals surface area contributed by atoms with E-state index in [1.165, 1.54) is 13.2 Å². The van der Waals surface area contributed by atoms with Crippen molar-refractivity contribution in [3.8, 4) is 0 Å². The fraction of sp³-hybridized carbons (Fsp3) is 0.571. The van der Waals surface area contributed by atoms with Crippen LogP contribution in [0.15, 0.2) is 12.2 Å². The first-order valence-corrected chi connectivity index (χ1v) is 3.65. The summed E-state index contributed by atoms with van der Waals surface area (Å²) in [5.41, 5.74) is 0. The summed E-state index contributed by atoms with van der Waals surface area (Å²) in [6.45, 7) is 0. The van der Waals surface area contributed by atoms with Crippen molar-refractivity contribution in [1.82, 2.24) is 0 Å². The van der Waals surface area contributed by atoms with Gasteiger partial charge in [-0.15, -0.1) is 11.6 Å². The Bertz CT molecular complexity index is 121. The van der Waals surface area contributed by atoms with Crippen molar-refractivity contribution in [2.24, 2.45) is 0 Å². The zero-order valence-electron chi connectivity index (χ0n) is 5.97. The molecule has 58 valence electrons. The van der Waals surface area contributed by atoms with Crippen LogP contribution >= 0.6 is 11.6 Å². The van der Waals surface area contributed by atoms with Crippen molar-refractivity contribution in [3.63, 3.8) is 0 Å². The first-order chi connectivity index (χ1) is 4.81. The molecule has 0 amide bonds. The third-order valence-corrected chi connectivity index (χ3v) is 1.23. The summed E-state index contributed by atoms with van der Waals surface area (Å²) >= 11 is 5.40. The Morgan fingerprint density at radius 1 is 1.70 bits per heavy atom. The lowest BCUT2D eigenvalue weighted by molar-refractivity contribution is -0.134. The van der Waals surface area contributed by atoms with E-state index in [1.807, 2.05) is 0 Å². The number of methoxy groups -OCH3 is 1. The van der Waals surface area contributed by atoms with E-state index < -0.39 is 0 Å².